The van der Waals surface area contributed by atoms with Crippen molar-refractivity contribution < 1.29 is 4.79 Å². The van der Waals surface area contributed by atoms with Gasteiger partial charge in [0.2, 0.25) is 5.91 Å². The molecule has 2 N–H and O–H groups in total. The van der Waals surface area contributed by atoms with Gasteiger partial charge in [-0.25, -0.2) is 0 Å². The van der Waals surface area contributed by atoms with Crippen molar-refractivity contribution in [1.82, 2.24) is 10.6 Å². The van der Waals surface area contributed by atoms with Gasteiger partial charge in [0, 0.05) is 29.8 Å². The van der Waals surface area contributed by atoms with Crippen LogP contribution in [0.3, 0.4) is 0 Å². The van der Waals surface area contributed by atoms with Gasteiger partial charge < -0.3 is 10.6 Å². The molecule has 0 saturated heterocycles. The lowest BCUT2D eigenvalue weighted by Crippen LogP contribution is -2.37. The molecule has 0 radical (unpaired) electrons. The molecule has 0 atom stereocenters. The summed E-state index contributed by atoms with van der Waals surface area (Å²) in [6.45, 7) is 8.71. The van der Waals surface area contributed by atoms with Crippen LogP contribution in [0, 0.1) is 0 Å². The molecular formula is C13H22N2OS. The van der Waals surface area contributed by atoms with E-state index in [4.69, 9.17) is 0 Å². The first kappa shape index (κ1) is 14.2. The van der Waals surface area contributed by atoms with Crippen LogP contribution < -0.4 is 10.6 Å². The molecule has 0 saturated carbocycles. The predicted octanol–water partition coefficient (Wildman–Crippen LogP) is 2.14. The van der Waals surface area contributed by atoms with Crippen molar-refractivity contribution in [1.29, 1.82) is 0 Å². The van der Waals surface area contributed by atoms with E-state index in [-0.39, 0.29) is 11.3 Å². The maximum Gasteiger partial charge on any atom is 0.221 e. The Morgan fingerprint density at radius 1 is 1.47 bits per heavy atom. The third kappa shape index (κ3) is 4.88. The second-order valence-electron chi connectivity index (χ2n) is 4.74. The molecule has 3 nitrogen and oxygen atoms in total. The van der Waals surface area contributed by atoms with E-state index in [1.165, 1.54) is 4.88 Å². The monoisotopic (exact) mass is 254 g/mol. The van der Waals surface area contributed by atoms with Crippen molar-refractivity contribution in [3.8, 4) is 0 Å². The number of rotatable bonds is 7. The number of carbonyl (C=O) groups is 1. The Kier molecular flexibility index (Phi) is 5.65. The number of hydrogen-bond donors (Lipinski definition) is 2. The van der Waals surface area contributed by atoms with E-state index in [0.29, 0.717) is 13.0 Å². The van der Waals surface area contributed by atoms with Gasteiger partial charge in [0.15, 0.2) is 0 Å². The molecule has 0 aromatic carbocycles. The summed E-state index contributed by atoms with van der Waals surface area (Å²) < 4.78 is 0. The molecule has 0 fully saturated rings. The van der Waals surface area contributed by atoms with Gasteiger partial charge in [0.25, 0.3) is 0 Å². The third-order valence-electron chi connectivity index (χ3n) is 2.69. The Balaban J connectivity index is 2.32. The highest BCUT2D eigenvalue weighted by atomic mass is 32.1. The fourth-order valence-electron chi connectivity index (χ4n) is 1.54. The first-order valence-electron chi connectivity index (χ1n) is 6.07. The lowest BCUT2D eigenvalue weighted by molar-refractivity contribution is -0.121. The van der Waals surface area contributed by atoms with Crippen LogP contribution in [0.5, 0.6) is 0 Å². The van der Waals surface area contributed by atoms with Gasteiger partial charge in [-0.15, -0.1) is 11.3 Å². The molecule has 0 unspecified atom stereocenters. The molecule has 0 aliphatic rings. The summed E-state index contributed by atoms with van der Waals surface area (Å²) in [7, 11) is 0. The second-order valence-corrected chi connectivity index (χ2v) is 5.69. The van der Waals surface area contributed by atoms with Gasteiger partial charge in [-0.3, -0.25) is 4.79 Å². The van der Waals surface area contributed by atoms with E-state index >= 15 is 0 Å². The molecular weight excluding hydrogens is 232 g/mol. The van der Waals surface area contributed by atoms with E-state index in [1.807, 2.05) is 6.92 Å². The Bertz CT molecular complexity index is 333. The molecule has 0 bridgehead atoms. The van der Waals surface area contributed by atoms with Gasteiger partial charge in [0.05, 0.1) is 0 Å². The lowest BCUT2D eigenvalue weighted by Gasteiger charge is -2.23. The van der Waals surface area contributed by atoms with Crippen LogP contribution in [-0.4, -0.2) is 25.5 Å². The van der Waals surface area contributed by atoms with Crippen molar-refractivity contribution in [3.63, 3.8) is 0 Å². The molecule has 96 valence electrons. The van der Waals surface area contributed by atoms with Gasteiger partial charge >= 0.3 is 0 Å². The van der Waals surface area contributed by atoms with Crippen molar-refractivity contribution in [2.75, 3.05) is 19.6 Å². The smallest absolute Gasteiger partial charge is 0.221 e. The van der Waals surface area contributed by atoms with Crippen molar-refractivity contribution >= 4 is 17.2 Å². The lowest BCUT2D eigenvalue weighted by atomic mass is 9.91. The average Bonchev–Trinajstić information content (AvgIpc) is 2.81. The fourth-order valence-corrected chi connectivity index (χ4v) is 2.39. The first-order valence-corrected chi connectivity index (χ1v) is 6.95. The van der Waals surface area contributed by atoms with Crippen LogP contribution in [0.15, 0.2) is 17.5 Å². The topological polar surface area (TPSA) is 41.1 Å². The molecule has 0 aliphatic carbocycles. The second kappa shape index (κ2) is 6.77. The first-order chi connectivity index (χ1) is 8.06. The van der Waals surface area contributed by atoms with Crippen LogP contribution in [0.2, 0.25) is 0 Å². The number of thiophene rings is 1. The quantitative estimate of drug-likeness (QED) is 0.732. The maximum absolute atomic E-state index is 11.6. The Labute approximate surface area is 108 Å². The number of nitrogens with one attached hydrogen (secondary N) is 2. The highest BCUT2D eigenvalue weighted by Crippen LogP contribution is 2.26. The summed E-state index contributed by atoms with van der Waals surface area (Å²) in [5.74, 6) is 0.121. The summed E-state index contributed by atoms with van der Waals surface area (Å²) in [5.41, 5.74) is 0.0159. The zero-order valence-corrected chi connectivity index (χ0v) is 11.7. The van der Waals surface area contributed by atoms with Gasteiger partial charge in [0.1, 0.15) is 0 Å². The molecule has 4 heteroatoms. The van der Waals surface area contributed by atoms with Crippen LogP contribution in [0.1, 0.15) is 32.1 Å². The van der Waals surface area contributed by atoms with Crippen LogP contribution in [-0.2, 0) is 10.2 Å². The van der Waals surface area contributed by atoms with E-state index in [2.05, 4.69) is 42.0 Å². The minimum Gasteiger partial charge on any atom is -0.355 e. The minimum atomic E-state index is 0.0159. The standard InChI is InChI=1S/C13H22N2OS/c1-4-14-8-7-12(16)15-10-13(2,3)11-6-5-9-17-11/h5-6,9,14H,4,7-8,10H2,1-3H3,(H,15,16). The van der Waals surface area contributed by atoms with Gasteiger partial charge in [-0.05, 0) is 18.0 Å². The van der Waals surface area contributed by atoms with Crippen LogP contribution in [0.25, 0.3) is 0 Å². The molecule has 1 heterocycles. The molecule has 17 heavy (non-hydrogen) atoms. The minimum absolute atomic E-state index is 0.0159. The molecule has 0 spiro atoms. The fraction of sp³-hybridized carbons (Fsp3) is 0.615. The van der Waals surface area contributed by atoms with Crippen molar-refractivity contribution in [2.45, 2.75) is 32.6 Å². The molecule has 1 aromatic heterocycles. The van der Waals surface area contributed by atoms with E-state index in [0.717, 1.165) is 13.1 Å². The molecule has 0 aliphatic heterocycles. The van der Waals surface area contributed by atoms with Gasteiger partial charge in [-0.2, -0.15) is 0 Å². The summed E-state index contributed by atoms with van der Waals surface area (Å²) in [5, 5.41) is 8.22. The highest BCUT2D eigenvalue weighted by Gasteiger charge is 2.22. The van der Waals surface area contributed by atoms with Crippen LogP contribution >= 0.6 is 11.3 Å². The summed E-state index contributed by atoms with van der Waals surface area (Å²) in [4.78, 5) is 12.9. The molecule has 1 rings (SSSR count). The Morgan fingerprint density at radius 3 is 2.82 bits per heavy atom. The Morgan fingerprint density at radius 2 is 2.24 bits per heavy atom. The summed E-state index contributed by atoms with van der Waals surface area (Å²) in [6.07, 6.45) is 0.550. The third-order valence-corrected chi connectivity index (χ3v) is 3.93. The SMILES string of the molecule is CCNCCC(=O)NCC(C)(C)c1cccs1. The Hall–Kier alpha value is -0.870. The maximum atomic E-state index is 11.6. The van der Waals surface area contributed by atoms with E-state index in [1.54, 1.807) is 11.3 Å². The molecule has 1 amide bonds. The van der Waals surface area contributed by atoms with Gasteiger partial charge in [-0.1, -0.05) is 26.8 Å². The number of carbonyl (C=O) groups excluding carboxylic acids is 1. The number of amides is 1. The van der Waals surface area contributed by atoms with Crippen molar-refractivity contribution in [2.24, 2.45) is 0 Å². The summed E-state index contributed by atoms with van der Waals surface area (Å²) in [6, 6.07) is 4.17. The average molecular weight is 254 g/mol. The normalized spacial score (nSPS) is 11.5. The highest BCUT2D eigenvalue weighted by molar-refractivity contribution is 7.10. The predicted molar refractivity (Wildman–Crippen MR) is 73.5 cm³/mol. The van der Waals surface area contributed by atoms with Crippen molar-refractivity contribution in [3.05, 3.63) is 22.4 Å². The van der Waals surface area contributed by atoms with E-state index < -0.39 is 0 Å². The zero-order valence-electron chi connectivity index (χ0n) is 10.9. The molecule has 1 aromatic rings. The number of hydrogen-bond acceptors (Lipinski definition) is 3. The summed E-state index contributed by atoms with van der Waals surface area (Å²) >= 11 is 1.74. The van der Waals surface area contributed by atoms with E-state index in [9.17, 15) is 4.79 Å². The zero-order chi connectivity index (χ0) is 12.7. The van der Waals surface area contributed by atoms with Crippen LogP contribution in [0.4, 0.5) is 0 Å². The largest absolute Gasteiger partial charge is 0.355 e.